The van der Waals surface area contributed by atoms with Crippen LogP contribution in [0, 0.1) is 10.1 Å². The zero-order valence-corrected chi connectivity index (χ0v) is 16.8. The number of carbonyl (C=O) groups is 1. The smallest absolute Gasteiger partial charge is 0.273 e. The van der Waals surface area contributed by atoms with Gasteiger partial charge >= 0.3 is 0 Å². The number of hydrogen-bond acceptors (Lipinski definition) is 5. The van der Waals surface area contributed by atoms with Crippen LogP contribution in [0.25, 0.3) is 0 Å². The Balaban J connectivity index is 2.25. The third-order valence-electron chi connectivity index (χ3n) is 4.27. The number of carbonyl (C=O) groups excluding carboxylic acids is 1. The maximum atomic E-state index is 13.1. The average molecular weight is 386 g/mol. The third-order valence-corrected chi connectivity index (χ3v) is 4.27. The zero-order chi connectivity index (χ0) is 20.9. The Morgan fingerprint density at radius 2 is 1.79 bits per heavy atom. The van der Waals surface area contributed by atoms with E-state index in [0.717, 1.165) is 5.56 Å². The highest BCUT2D eigenvalue weighted by atomic mass is 16.6. The minimum absolute atomic E-state index is 0.132. The first-order valence-electron chi connectivity index (χ1n) is 8.98. The number of nitro benzene ring substituents is 1. The summed E-state index contributed by atoms with van der Waals surface area (Å²) in [6.07, 6.45) is -0.848. The van der Waals surface area contributed by atoms with E-state index in [4.69, 9.17) is 9.47 Å². The highest BCUT2D eigenvalue weighted by molar-refractivity contribution is 5.81. The summed E-state index contributed by atoms with van der Waals surface area (Å²) in [4.78, 5) is 25.4. The maximum absolute atomic E-state index is 13.1. The summed E-state index contributed by atoms with van der Waals surface area (Å²) in [6, 6.07) is 13.7. The first kappa shape index (κ1) is 21.2. The Hall–Kier alpha value is -3.09. The van der Waals surface area contributed by atoms with Gasteiger partial charge in [0.25, 0.3) is 11.6 Å². The minimum Gasteiger partial charge on any atom is -0.493 e. The van der Waals surface area contributed by atoms with Gasteiger partial charge in [-0.15, -0.1) is 0 Å². The summed E-state index contributed by atoms with van der Waals surface area (Å²) in [5.74, 6) is 0.270. The van der Waals surface area contributed by atoms with Crippen molar-refractivity contribution >= 4 is 11.6 Å². The summed E-state index contributed by atoms with van der Waals surface area (Å²) >= 11 is 0. The van der Waals surface area contributed by atoms with Crippen molar-refractivity contribution in [2.24, 2.45) is 0 Å². The number of hydrogen-bond donors (Lipinski definition) is 0. The van der Waals surface area contributed by atoms with E-state index in [1.807, 2.05) is 51.1 Å². The number of methoxy groups -OCH3 is 1. The second-order valence-electron chi connectivity index (χ2n) is 7.43. The highest BCUT2D eigenvalue weighted by Gasteiger charge is 2.31. The Labute approximate surface area is 165 Å². The molecule has 28 heavy (non-hydrogen) atoms. The lowest BCUT2D eigenvalue weighted by Gasteiger charge is -2.37. The summed E-state index contributed by atoms with van der Waals surface area (Å²) < 4.78 is 11.0. The van der Waals surface area contributed by atoms with E-state index in [2.05, 4.69) is 0 Å². The molecular weight excluding hydrogens is 360 g/mol. The number of nitro groups is 1. The lowest BCUT2D eigenvalue weighted by molar-refractivity contribution is -0.385. The Bertz CT molecular complexity index is 830. The van der Waals surface area contributed by atoms with Crippen LogP contribution in [0.4, 0.5) is 5.69 Å². The number of benzene rings is 2. The molecule has 1 atom stereocenters. The molecule has 7 nitrogen and oxygen atoms in total. The van der Waals surface area contributed by atoms with E-state index in [1.165, 1.54) is 25.3 Å². The van der Waals surface area contributed by atoms with E-state index in [1.54, 1.807) is 11.8 Å². The Morgan fingerprint density at radius 3 is 2.32 bits per heavy atom. The molecule has 7 heteroatoms. The summed E-state index contributed by atoms with van der Waals surface area (Å²) in [7, 11) is 1.44. The fourth-order valence-electron chi connectivity index (χ4n) is 2.74. The lowest BCUT2D eigenvalue weighted by Crippen LogP contribution is -2.50. The quantitative estimate of drug-likeness (QED) is 0.526. The van der Waals surface area contributed by atoms with Gasteiger partial charge in [-0.1, -0.05) is 30.3 Å². The molecule has 0 bridgehead atoms. The van der Waals surface area contributed by atoms with E-state index >= 15 is 0 Å². The van der Waals surface area contributed by atoms with Crippen LogP contribution in [-0.4, -0.2) is 34.5 Å². The van der Waals surface area contributed by atoms with Gasteiger partial charge in [0.05, 0.1) is 18.1 Å². The van der Waals surface area contributed by atoms with Crippen molar-refractivity contribution in [3.05, 3.63) is 64.2 Å². The lowest BCUT2D eigenvalue weighted by atomic mass is 10.0. The molecule has 0 heterocycles. The Kier molecular flexibility index (Phi) is 6.62. The maximum Gasteiger partial charge on any atom is 0.273 e. The molecule has 2 rings (SSSR count). The van der Waals surface area contributed by atoms with E-state index in [9.17, 15) is 14.9 Å². The van der Waals surface area contributed by atoms with Crippen LogP contribution in [-0.2, 0) is 11.3 Å². The normalized spacial score (nSPS) is 12.2. The van der Waals surface area contributed by atoms with Crippen LogP contribution in [0.1, 0.15) is 33.3 Å². The molecule has 0 radical (unpaired) electrons. The molecule has 0 aliphatic carbocycles. The van der Waals surface area contributed by atoms with Crippen LogP contribution in [0.2, 0.25) is 0 Å². The average Bonchev–Trinajstić information content (AvgIpc) is 2.65. The van der Waals surface area contributed by atoms with E-state index < -0.39 is 16.6 Å². The van der Waals surface area contributed by atoms with Crippen LogP contribution in [0.15, 0.2) is 48.5 Å². The van der Waals surface area contributed by atoms with Gasteiger partial charge in [-0.3, -0.25) is 14.9 Å². The van der Waals surface area contributed by atoms with Gasteiger partial charge in [-0.05, 0) is 39.3 Å². The molecule has 0 aliphatic rings. The summed E-state index contributed by atoms with van der Waals surface area (Å²) in [6.45, 7) is 7.92. The molecule has 0 aromatic heterocycles. The van der Waals surface area contributed by atoms with Crippen molar-refractivity contribution in [3.63, 3.8) is 0 Å². The van der Waals surface area contributed by atoms with Crippen LogP contribution < -0.4 is 9.47 Å². The first-order valence-corrected chi connectivity index (χ1v) is 8.98. The van der Waals surface area contributed by atoms with Crippen molar-refractivity contribution in [2.45, 2.75) is 45.9 Å². The number of rotatable bonds is 7. The predicted octanol–water partition coefficient (Wildman–Crippen LogP) is 4.20. The molecule has 1 amide bonds. The SMILES string of the molecule is COc1ccc([N+](=O)[O-])cc1O[C@@H](C)C(=O)N(Cc1ccccc1)C(C)(C)C. The van der Waals surface area contributed by atoms with Gasteiger partial charge in [0, 0.05) is 18.2 Å². The molecule has 0 N–H and O–H groups in total. The molecule has 2 aromatic rings. The monoisotopic (exact) mass is 386 g/mol. The van der Waals surface area contributed by atoms with Crippen molar-refractivity contribution in [1.29, 1.82) is 0 Å². The topological polar surface area (TPSA) is 81.9 Å². The van der Waals surface area contributed by atoms with Crippen molar-refractivity contribution in [1.82, 2.24) is 4.90 Å². The first-order chi connectivity index (χ1) is 13.1. The van der Waals surface area contributed by atoms with Gasteiger partial charge in [-0.25, -0.2) is 0 Å². The number of amides is 1. The van der Waals surface area contributed by atoms with Crippen LogP contribution in [0.5, 0.6) is 11.5 Å². The fraction of sp³-hybridized carbons (Fsp3) is 0.381. The molecular formula is C21H26N2O5. The standard InChI is InChI=1S/C21H26N2O5/c1-15(28-19-13-17(23(25)26)11-12-18(19)27-5)20(24)22(21(2,3)4)14-16-9-7-6-8-10-16/h6-13,15H,14H2,1-5H3/t15-/m0/s1. The van der Waals surface area contributed by atoms with Gasteiger partial charge in [0.15, 0.2) is 17.6 Å². The molecule has 150 valence electrons. The predicted molar refractivity (Wildman–Crippen MR) is 106 cm³/mol. The zero-order valence-electron chi connectivity index (χ0n) is 16.8. The van der Waals surface area contributed by atoms with Crippen molar-refractivity contribution in [3.8, 4) is 11.5 Å². The summed E-state index contributed by atoms with van der Waals surface area (Å²) in [5, 5.41) is 11.0. The molecule has 0 spiro atoms. The van der Waals surface area contributed by atoms with Crippen molar-refractivity contribution in [2.75, 3.05) is 7.11 Å². The molecule has 0 saturated carbocycles. The van der Waals surface area contributed by atoms with Crippen molar-refractivity contribution < 1.29 is 19.2 Å². The van der Waals surface area contributed by atoms with Crippen LogP contribution in [0.3, 0.4) is 0 Å². The molecule has 0 aliphatic heterocycles. The second-order valence-corrected chi connectivity index (χ2v) is 7.43. The Morgan fingerprint density at radius 1 is 1.14 bits per heavy atom. The number of non-ortho nitro benzene ring substituents is 1. The second kappa shape index (κ2) is 8.73. The molecule has 0 fully saturated rings. The molecule has 0 saturated heterocycles. The van der Waals surface area contributed by atoms with Gasteiger partial charge in [0.2, 0.25) is 0 Å². The summed E-state index contributed by atoms with van der Waals surface area (Å²) in [5.41, 5.74) is 0.440. The van der Waals surface area contributed by atoms with Crippen LogP contribution >= 0.6 is 0 Å². The highest BCUT2D eigenvalue weighted by Crippen LogP contribution is 2.32. The minimum atomic E-state index is -0.848. The molecule has 0 unspecified atom stereocenters. The van der Waals surface area contributed by atoms with Gasteiger partial charge < -0.3 is 14.4 Å². The van der Waals surface area contributed by atoms with E-state index in [-0.39, 0.29) is 17.3 Å². The third kappa shape index (κ3) is 5.22. The number of ether oxygens (including phenoxy) is 2. The van der Waals surface area contributed by atoms with Gasteiger partial charge in [0.1, 0.15) is 0 Å². The number of nitrogens with zero attached hydrogens (tertiary/aromatic N) is 2. The largest absolute Gasteiger partial charge is 0.493 e. The van der Waals surface area contributed by atoms with Gasteiger partial charge in [-0.2, -0.15) is 0 Å². The fourth-order valence-corrected chi connectivity index (χ4v) is 2.74. The van der Waals surface area contributed by atoms with E-state index in [0.29, 0.717) is 12.3 Å². The molecule has 2 aromatic carbocycles.